The highest BCUT2D eigenvalue weighted by Crippen LogP contribution is 2.45. The quantitative estimate of drug-likeness (QED) is 0.869. The molecule has 130 valence electrons. The Kier molecular flexibility index (Phi) is 4.12. The van der Waals surface area contributed by atoms with Crippen molar-refractivity contribution in [2.45, 2.75) is 25.7 Å². The molecule has 2 N–H and O–H groups in total. The number of benzene rings is 1. The first-order valence-corrected chi connectivity index (χ1v) is 9.23. The molecule has 0 radical (unpaired) electrons. The third-order valence-electron chi connectivity index (χ3n) is 6.25. The molecule has 1 aromatic rings. The highest BCUT2D eigenvalue weighted by atomic mass is 16.3. The second-order valence-corrected chi connectivity index (χ2v) is 7.53. The summed E-state index contributed by atoms with van der Waals surface area (Å²) in [6.07, 6.45) is 4.72. The van der Waals surface area contributed by atoms with Crippen molar-refractivity contribution in [2.75, 3.05) is 44.2 Å². The highest BCUT2D eigenvalue weighted by Gasteiger charge is 2.51. The van der Waals surface area contributed by atoms with Gasteiger partial charge in [-0.3, -0.25) is 4.79 Å². The van der Waals surface area contributed by atoms with E-state index in [2.05, 4.69) is 15.1 Å². The number of phenols is 1. The van der Waals surface area contributed by atoms with Gasteiger partial charge in [0.2, 0.25) is 5.91 Å². The lowest BCUT2D eigenvalue weighted by Crippen LogP contribution is -2.56. The molecular formula is C19H27N3O2. The first-order valence-electron chi connectivity index (χ1n) is 9.23. The molecule has 3 aliphatic rings. The summed E-state index contributed by atoms with van der Waals surface area (Å²) in [5, 5.41) is 12.9. The van der Waals surface area contributed by atoms with Crippen LogP contribution in [0.4, 0.5) is 5.69 Å². The van der Waals surface area contributed by atoms with Crippen molar-refractivity contribution >= 4 is 11.6 Å². The molecule has 1 amide bonds. The van der Waals surface area contributed by atoms with E-state index in [9.17, 15) is 9.90 Å². The van der Waals surface area contributed by atoms with E-state index in [0.717, 1.165) is 51.4 Å². The Morgan fingerprint density at radius 1 is 1.12 bits per heavy atom. The van der Waals surface area contributed by atoms with Crippen molar-refractivity contribution in [3.05, 3.63) is 24.3 Å². The van der Waals surface area contributed by atoms with Crippen LogP contribution >= 0.6 is 0 Å². The molecule has 2 atom stereocenters. The lowest BCUT2D eigenvalue weighted by atomic mass is 9.67. The molecule has 3 fully saturated rings. The number of anilines is 1. The third-order valence-corrected chi connectivity index (χ3v) is 6.25. The van der Waals surface area contributed by atoms with Crippen molar-refractivity contribution in [3.63, 3.8) is 0 Å². The molecule has 24 heavy (non-hydrogen) atoms. The van der Waals surface area contributed by atoms with E-state index in [1.54, 1.807) is 12.1 Å². The molecule has 1 aliphatic carbocycles. The maximum absolute atomic E-state index is 13.3. The summed E-state index contributed by atoms with van der Waals surface area (Å²) in [4.78, 5) is 17.7. The maximum atomic E-state index is 13.3. The monoisotopic (exact) mass is 329 g/mol. The lowest BCUT2D eigenvalue weighted by molar-refractivity contribution is -0.145. The summed E-state index contributed by atoms with van der Waals surface area (Å²) in [6.45, 7) is 5.21. The number of hydrogen-bond acceptors (Lipinski definition) is 4. The topological polar surface area (TPSA) is 55.8 Å². The fraction of sp³-hybridized carbons (Fsp3) is 0.632. The minimum absolute atomic E-state index is 0.126. The summed E-state index contributed by atoms with van der Waals surface area (Å²) in [5.41, 5.74) is 0.995. The molecule has 1 aromatic carbocycles. The predicted octanol–water partition coefficient (Wildman–Crippen LogP) is 1.82. The number of hydrogen-bond donors (Lipinski definition) is 2. The lowest BCUT2D eigenvalue weighted by Gasteiger charge is -2.44. The molecule has 1 saturated carbocycles. The van der Waals surface area contributed by atoms with Gasteiger partial charge in [0.1, 0.15) is 5.75 Å². The van der Waals surface area contributed by atoms with Gasteiger partial charge in [-0.15, -0.1) is 0 Å². The number of rotatable bonds is 2. The molecule has 0 bridgehead atoms. The van der Waals surface area contributed by atoms with Gasteiger partial charge in [0.15, 0.2) is 0 Å². The van der Waals surface area contributed by atoms with Gasteiger partial charge in [-0.05, 0) is 49.6 Å². The van der Waals surface area contributed by atoms with Crippen LogP contribution in [0.25, 0.3) is 0 Å². The van der Waals surface area contributed by atoms with Crippen LogP contribution in [0, 0.1) is 11.3 Å². The van der Waals surface area contributed by atoms with Gasteiger partial charge < -0.3 is 20.2 Å². The van der Waals surface area contributed by atoms with E-state index >= 15 is 0 Å². The van der Waals surface area contributed by atoms with Crippen LogP contribution in [0.1, 0.15) is 25.7 Å². The number of nitrogens with one attached hydrogen (secondary N) is 1. The number of phenolic OH excluding ortho intramolecular Hbond substituents is 1. The standard InChI is InChI=1S/C19H27N3O2/c23-17-6-4-16(5-7-17)21-9-11-22(12-10-21)18(24)19-8-2-1-3-15(19)13-20-14-19/h4-7,15,20,23H,1-3,8-14H2/t15-,19+/m0/s1. The Morgan fingerprint density at radius 3 is 2.62 bits per heavy atom. The van der Waals surface area contributed by atoms with Crippen molar-refractivity contribution in [1.82, 2.24) is 10.2 Å². The van der Waals surface area contributed by atoms with Crippen LogP contribution in [0.3, 0.4) is 0 Å². The minimum atomic E-state index is -0.126. The van der Waals surface area contributed by atoms with E-state index in [1.165, 1.54) is 19.3 Å². The number of fused-ring (bicyclic) bond motifs is 1. The molecule has 0 spiro atoms. The van der Waals surface area contributed by atoms with Crippen molar-refractivity contribution in [3.8, 4) is 5.75 Å². The second-order valence-electron chi connectivity index (χ2n) is 7.53. The predicted molar refractivity (Wildman–Crippen MR) is 94.2 cm³/mol. The third kappa shape index (κ3) is 2.65. The Morgan fingerprint density at radius 2 is 1.88 bits per heavy atom. The molecule has 4 rings (SSSR count). The minimum Gasteiger partial charge on any atom is -0.508 e. The van der Waals surface area contributed by atoms with Crippen LogP contribution in [0.5, 0.6) is 5.75 Å². The van der Waals surface area contributed by atoms with Gasteiger partial charge in [-0.25, -0.2) is 0 Å². The summed E-state index contributed by atoms with van der Waals surface area (Å²) < 4.78 is 0. The summed E-state index contributed by atoms with van der Waals surface area (Å²) in [6, 6.07) is 7.35. The van der Waals surface area contributed by atoms with Crippen molar-refractivity contribution in [2.24, 2.45) is 11.3 Å². The molecule has 5 heteroatoms. The number of nitrogens with zero attached hydrogens (tertiary/aromatic N) is 2. The number of piperazine rings is 1. The SMILES string of the molecule is O=C(N1CCN(c2ccc(O)cc2)CC1)[C@@]12CCCC[C@H]1CNC2. The van der Waals surface area contributed by atoms with Gasteiger partial charge in [0.05, 0.1) is 5.41 Å². The summed E-state index contributed by atoms with van der Waals surface area (Å²) in [5.74, 6) is 1.22. The van der Waals surface area contributed by atoms with E-state index in [0.29, 0.717) is 17.6 Å². The van der Waals surface area contributed by atoms with Crippen LogP contribution in [-0.2, 0) is 4.79 Å². The molecule has 0 unspecified atom stereocenters. The fourth-order valence-corrected chi connectivity index (χ4v) is 4.81. The zero-order valence-corrected chi connectivity index (χ0v) is 14.2. The smallest absolute Gasteiger partial charge is 0.230 e. The van der Waals surface area contributed by atoms with Gasteiger partial charge in [-0.1, -0.05) is 12.8 Å². The molecule has 2 heterocycles. The Labute approximate surface area is 143 Å². The number of carbonyl (C=O) groups is 1. The first-order chi connectivity index (χ1) is 11.7. The highest BCUT2D eigenvalue weighted by molar-refractivity contribution is 5.84. The summed E-state index contributed by atoms with van der Waals surface area (Å²) in [7, 11) is 0. The molecule has 5 nitrogen and oxygen atoms in total. The Bertz CT molecular complexity index is 595. The Balaban J connectivity index is 1.42. The van der Waals surface area contributed by atoms with Crippen LogP contribution in [-0.4, -0.2) is 55.2 Å². The van der Waals surface area contributed by atoms with E-state index < -0.39 is 0 Å². The van der Waals surface area contributed by atoms with Crippen molar-refractivity contribution < 1.29 is 9.90 Å². The fourth-order valence-electron chi connectivity index (χ4n) is 4.81. The van der Waals surface area contributed by atoms with Gasteiger partial charge in [-0.2, -0.15) is 0 Å². The van der Waals surface area contributed by atoms with E-state index in [1.807, 2.05) is 12.1 Å². The zero-order valence-electron chi connectivity index (χ0n) is 14.2. The second kappa shape index (κ2) is 6.28. The van der Waals surface area contributed by atoms with Gasteiger partial charge >= 0.3 is 0 Å². The molecule has 0 aromatic heterocycles. The maximum Gasteiger partial charge on any atom is 0.230 e. The summed E-state index contributed by atoms with van der Waals surface area (Å²) >= 11 is 0. The number of amides is 1. The van der Waals surface area contributed by atoms with Crippen LogP contribution in [0.2, 0.25) is 0 Å². The van der Waals surface area contributed by atoms with Crippen molar-refractivity contribution in [1.29, 1.82) is 0 Å². The number of aromatic hydroxyl groups is 1. The zero-order chi connectivity index (χ0) is 16.6. The average molecular weight is 329 g/mol. The normalized spacial score (nSPS) is 30.2. The van der Waals surface area contributed by atoms with Gasteiger partial charge in [0, 0.05) is 38.4 Å². The molecule has 2 saturated heterocycles. The van der Waals surface area contributed by atoms with E-state index in [-0.39, 0.29) is 5.41 Å². The van der Waals surface area contributed by atoms with E-state index in [4.69, 9.17) is 0 Å². The number of carbonyl (C=O) groups excluding carboxylic acids is 1. The average Bonchev–Trinajstić information content (AvgIpc) is 3.07. The first kappa shape index (κ1) is 15.8. The largest absolute Gasteiger partial charge is 0.508 e. The molecule has 2 aliphatic heterocycles. The van der Waals surface area contributed by atoms with Gasteiger partial charge in [0.25, 0.3) is 0 Å². The Hall–Kier alpha value is -1.75. The van der Waals surface area contributed by atoms with Crippen LogP contribution in [0.15, 0.2) is 24.3 Å². The molecular weight excluding hydrogens is 302 g/mol. The van der Waals surface area contributed by atoms with Crippen LogP contribution < -0.4 is 10.2 Å².